The van der Waals surface area contributed by atoms with Gasteiger partial charge in [0.1, 0.15) is 4.90 Å². The summed E-state index contributed by atoms with van der Waals surface area (Å²) in [5.74, 6) is -0.186. The van der Waals surface area contributed by atoms with Crippen LogP contribution in [0.4, 0.5) is 5.69 Å². The molecule has 0 aliphatic heterocycles. The summed E-state index contributed by atoms with van der Waals surface area (Å²) >= 11 is 0. The van der Waals surface area contributed by atoms with E-state index in [9.17, 15) is 13.2 Å². The standard InChI is InChI=1S/C14H23N3O3S/c1-5-9-17(6-2)14(18)11-7-8-12(16(3)4)13(10-11)21(15,19)20/h7-8,10H,5-6,9H2,1-4H3,(H2,15,19,20). The monoisotopic (exact) mass is 313 g/mol. The number of primary sulfonamides is 1. The van der Waals surface area contributed by atoms with Gasteiger partial charge >= 0.3 is 0 Å². The summed E-state index contributed by atoms with van der Waals surface area (Å²) in [4.78, 5) is 15.7. The second-order valence-corrected chi connectivity index (χ2v) is 6.54. The molecule has 0 fully saturated rings. The molecule has 0 atom stereocenters. The fourth-order valence-corrected chi connectivity index (χ4v) is 2.93. The molecule has 118 valence electrons. The lowest BCUT2D eigenvalue weighted by Gasteiger charge is -2.22. The summed E-state index contributed by atoms with van der Waals surface area (Å²) in [6.07, 6.45) is 0.845. The third kappa shape index (κ3) is 4.18. The summed E-state index contributed by atoms with van der Waals surface area (Å²) in [6.45, 7) is 5.09. The molecule has 0 radical (unpaired) electrons. The zero-order valence-electron chi connectivity index (χ0n) is 13.0. The third-order valence-corrected chi connectivity index (χ3v) is 4.10. The molecule has 0 spiro atoms. The molecule has 0 aliphatic carbocycles. The Morgan fingerprint density at radius 2 is 1.86 bits per heavy atom. The lowest BCUT2D eigenvalue weighted by Crippen LogP contribution is -2.31. The van der Waals surface area contributed by atoms with Crippen molar-refractivity contribution >= 4 is 21.6 Å². The Bertz CT molecular complexity index is 612. The van der Waals surface area contributed by atoms with Gasteiger partial charge < -0.3 is 9.80 Å². The Morgan fingerprint density at radius 3 is 2.29 bits per heavy atom. The minimum absolute atomic E-state index is 0.0362. The molecule has 0 bridgehead atoms. The first-order chi connectivity index (χ1) is 9.72. The molecule has 0 aromatic heterocycles. The highest BCUT2D eigenvalue weighted by molar-refractivity contribution is 7.89. The average Bonchev–Trinajstić information content (AvgIpc) is 2.42. The van der Waals surface area contributed by atoms with E-state index in [0.717, 1.165) is 6.42 Å². The fourth-order valence-electron chi connectivity index (χ4n) is 2.10. The van der Waals surface area contributed by atoms with Gasteiger partial charge in [-0.3, -0.25) is 4.79 Å². The molecule has 1 aromatic rings. The fraction of sp³-hybridized carbons (Fsp3) is 0.500. The molecule has 0 unspecified atom stereocenters. The molecule has 6 nitrogen and oxygen atoms in total. The van der Waals surface area contributed by atoms with Crippen molar-refractivity contribution in [3.8, 4) is 0 Å². The van der Waals surface area contributed by atoms with Gasteiger partial charge in [-0.25, -0.2) is 13.6 Å². The Morgan fingerprint density at radius 1 is 1.24 bits per heavy atom. The van der Waals surface area contributed by atoms with E-state index in [-0.39, 0.29) is 10.8 Å². The molecule has 1 aromatic carbocycles. The van der Waals surface area contributed by atoms with E-state index in [2.05, 4.69) is 0 Å². The number of hydrogen-bond donors (Lipinski definition) is 1. The topological polar surface area (TPSA) is 83.7 Å². The zero-order valence-corrected chi connectivity index (χ0v) is 13.8. The normalized spacial score (nSPS) is 11.3. The van der Waals surface area contributed by atoms with Gasteiger partial charge in [-0.1, -0.05) is 6.92 Å². The predicted octanol–water partition coefficient (Wildman–Crippen LogP) is 1.27. The van der Waals surface area contributed by atoms with Gasteiger partial charge in [0.15, 0.2) is 0 Å². The molecular weight excluding hydrogens is 290 g/mol. The molecule has 21 heavy (non-hydrogen) atoms. The van der Waals surface area contributed by atoms with Gasteiger partial charge in [0, 0.05) is 32.7 Å². The molecule has 0 saturated heterocycles. The Balaban J connectivity index is 3.32. The number of carbonyl (C=O) groups is 1. The van der Waals surface area contributed by atoms with Gasteiger partial charge in [0.05, 0.1) is 5.69 Å². The molecule has 1 rings (SSSR count). The second-order valence-electron chi connectivity index (χ2n) is 5.01. The van der Waals surface area contributed by atoms with Gasteiger partial charge in [-0.15, -0.1) is 0 Å². The van der Waals surface area contributed by atoms with E-state index in [4.69, 9.17) is 5.14 Å². The van der Waals surface area contributed by atoms with Gasteiger partial charge in [-0.05, 0) is 31.5 Å². The highest BCUT2D eigenvalue weighted by Gasteiger charge is 2.20. The van der Waals surface area contributed by atoms with Crippen molar-refractivity contribution in [1.82, 2.24) is 4.90 Å². The largest absolute Gasteiger partial charge is 0.377 e. The van der Waals surface area contributed by atoms with Crippen LogP contribution in [0.25, 0.3) is 0 Å². The Hall–Kier alpha value is -1.60. The molecule has 0 saturated carbocycles. The third-order valence-electron chi connectivity index (χ3n) is 3.16. The lowest BCUT2D eigenvalue weighted by molar-refractivity contribution is 0.0764. The summed E-state index contributed by atoms with van der Waals surface area (Å²) in [6, 6.07) is 4.59. The Labute approximate surface area is 126 Å². The second kappa shape index (κ2) is 6.91. The lowest BCUT2D eigenvalue weighted by atomic mass is 10.1. The van der Waals surface area contributed by atoms with Crippen molar-refractivity contribution in [2.75, 3.05) is 32.1 Å². The van der Waals surface area contributed by atoms with Crippen LogP contribution in [0, 0.1) is 0 Å². The van der Waals surface area contributed by atoms with Crippen molar-refractivity contribution in [1.29, 1.82) is 0 Å². The highest BCUT2D eigenvalue weighted by atomic mass is 32.2. The maximum Gasteiger partial charge on any atom is 0.253 e. The van der Waals surface area contributed by atoms with Crippen LogP contribution in [0.1, 0.15) is 30.6 Å². The Kier molecular flexibility index (Phi) is 5.74. The zero-order chi connectivity index (χ0) is 16.2. The van der Waals surface area contributed by atoms with Gasteiger partial charge in [-0.2, -0.15) is 0 Å². The quantitative estimate of drug-likeness (QED) is 0.857. The number of nitrogens with zero attached hydrogens (tertiary/aromatic N) is 2. The number of rotatable bonds is 6. The van der Waals surface area contributed by atoms with Crippen LogP contribution < -0.4 is 10.0 Å². The van der Waals surface area contributed by atoms with E-state index in [0.29, 0.717) is 24.3 Å². The van der Waals surface area contributed by atoms with Crippen LogP contribution in [-0.4, -0.2) is 46.4 Å². The van der Waals surface area contributed by atoms with Crippen LogP contribution in [0.3, 0.4) is 0 Å². The van der Waals surface area contributed by atoms with E-state index in [1.54, 1.807) is 36.0 Å². The number of sulfonamides is 1. The van der Waals surface area contributed by atoms with Crippen LogP contribution in [0.15, 0.2) is 23.1 Å². The number of carbonyl (C=O) groups excluding carboxylic acids is 1. The number of hydrogen-bond acceptors (Lipinski definition) is 4. The van der Waals surface area contributed by atoms with E-state index in [1.165, 1.54) is 6.07 Å². The van der Waals surface area contributed by atoms with Crippen molar-refractivity contribution in [3.05, 3.63) is 23.8 Å². The molecule has 0 heterocycles. The van der Waals surface area contributed by atoms with Crippen molar-refractivity contribution in [2.45, 2.75) is 25.2 Å². The number of amides is 1. The smallest absolute Gasteiger partial charge is 0.253 e. The minimum Gasteiger partial charge on any atom is -0.377 e. The molecule has 1 amide bonds. The number of anilines is 1. The number of nitrogens with two attached hydrogens (primary N) is 1. The highest BCUT2D eigenvalue weighted by Crippen LogP contribution is 2.24. The minimum atomic E-state index is -3.89. The molecule has 0 aliphatic rings. The molecule has 2 N–H and O–H groups in total. The SMILES string of the molecule is CCCN(CC)C(=O)c1ccc(N(C)C)c(S(N)(=O)=O)c1. The first-order valence-electron chi connectivity index (χ1n) is 6.85. The van der Waals surface area contributed by atoms with Gasteiger partial charge in [0.25, 0.3) is 5.91 Å². The van der Waals surface area contributed by atoms with E-state index >= 15 is 0 Å². The number of benzene rings is 1. The van der Waals surface area contributed by atoms with Crippen molar-refractivity contribution < 1.29 is 13.2 Å². The van der Waals surface area contributed by atoms with Crippen LogP contribution in [0.2, 0.25) is 0 Å². The molecular formula is C14H23N3O3S. The summed E-state index contributed by atoms with van der Waals surface area (Å²) < 4.78 is 23.4. The van der Waals surface area contributed by atoms with Crippen LogP contribution in [0.5, 0.6) is 0 Å². The summed E-state index contributed by atoms with van der Waals surface area (Å²) in [5.41, 5.74) is 0.799. The van der Waals surface area contributed by atoms with Crippen molar-refractivity contribution in [3.63, 3.8) is 0 Å². The summed E-state index contributed by atoms with van der Waals surface area (Å²) in [7, 11) is -0.445. The van der Waals surface area contributed by atoms with Gasteiger partial charge in [0.2, 0.25) is 10.0 Å². The van der Waals surface area contributed by atoms with Crippen LogP contribution in [-0.2, 0) is 10.0 Å². The predicted molar refractivity (Wildman–Crippen MR) is 84.0 cm³/mol. The van der Waals surface area contributed by atoms with E-state index in [1.807, 2.05) is 13.8 Å². The van der Waals surface area contributed by atoms with E-state index < -0.39 is 10.0 Å². The first kappa shape index (κ1) is 17.5. The molecule has 7 heteroatoms. The maximum absolute atomic E-state index is 12.4. The van der Waals surface area contributed by atoms with Crippen molar-refractivity contribution in [2.24, 2.45) is 5.14 Å². The summed E-state index contributed by atoms with van der Waals surface area (Å²) in [5, 5.41) is 5.25. The first-order valence-corrected chi connectivity index (χ1v) is 8.40. The average molecular weight is 313 g/mol. The maximum atomic E-state index is 12.4. The van der Waals surface area contributed by atoms with Crippen LogP contribution >= 0.6 is 0 Å².